The second-order valence-electron chi connectivity index (χ2n) is 5.49. The van der Waals surface area contributed by atoms with Gasteiger partial charge in [0.1, 0.15) is 0 Å². The molecule has 0 radical (unpaired) electrons. The summed E-state index contributed by atoms with van der Waals surface area (Å²) in [6.45, 7) is 0. The average molecular weight is 478 g/mol. The van der Waals surface area contributed by atoms with Crippen molar-refractivity contribution < 1.29 is 17.4 Å². The van der Waals surface area contributed by atoms with Crippen LogP contribution in [0.3, 0.4) is 0 Å². The SMILES string of the molecule is O=S(CCCCCCCCCC(F)(F)F)c1cc(Br)cc(Br)c1. The number of unbranched alkanes of at least 4 members (excludes halogenated alkanes) is 6. The minimum absolute atomic E-state index is 0.227. The van der Waals surface area contributed by atoms with Crippen molar-refractivity contribution in [3.63, 3.8) is 0 Å². The number of hydrogen-bond donors (Lipinski definition) is 0. The van der Waals surface area contributed by atoms with E-state index in [9.17, 15) is 17.4 Å². The van der Waals surface area contributed by atoms with E-state index in [-0.39, 0.29) is 6.42 Å². The van der Waals surface area contributed by atoms with Crippen molar-refractivity contribution in [2.45, 2.75) is 62.4 Å². The topological polar surface area (TPSA) is 17.1 Å². The number of benzene rings is 1. The van der Waals surface area contributed by atoms with Gasteiger partial charge in [0.25, 0.3) is 0 Å². The zero-order valence-electron chi connectivity index (χ0n) is 12.8. The van der Waals surface area contributed by atoms with Crippen LogP contribution in [-0.2, 0) is 10.8 Å². The summed E-state index contributed by atoms with van der Waals surface area (Å²) in [6, 6.07) is 5.63. The smallest absolute Gasteiger partial charge is 0.254 e. The summed E-state index contributed by atoms with van der Waals surface area (Å²) in [5, 5.41) is 0. The first kappa shape index (κ1) is 21.2. The normalized spacial score (nSPS) is 13.3. The maximum absolute atomic E-state index is 12.2. The highest BCUT2D eigenvalue weighted by Gasteiger charge is 2.25. The van der Waals surface area contributed by atoms with Crippen LogP contribution in [-0.4, -0.2) is 16.1 Å². The Balaban J connectivity index is 2.08. The molecule has 0 bridgehead atoms. The molecule has 0 amide bonds. The summed E-state index contributed by atoms with van der Waals surface area (Å²) in [7, 11) is -1.01. The molecule has 0 N–H and O–H groups in total. The Labute approximate surface area is 155 Å². The van der Waals surface area contributed by atoms with Crippen LogP contribution in [0.2, 0.25) is 0 Å². The first-order chi connectivity index (χ1) is 10.8. The predicted molar refractivity (Wildman–Crippen MR) is 96.1 cm³/mol. The first-order valence-corrected chi connectivity index (χ1v) is 10.6. The lowest BCUT2D eigenvalue weighted by Crippen LogP contribution is -2.06. The minimum Gasteiger partial charge on any atom is -0.254 e. The van der Waals surface area contributed by atoms with E-state index < -0.39 is 23.4 Å². The number of rotatable bonds is 10. The van der Waals surface area contributed by atoms with Crippen molar-refractivity contribution in [3.05, 3.63) is 27.1 Å². The van der Waals surface area contributed by atoms with E-state index in [4.69, 9.17) is 0 Å². The van der Waals surface area contributed by atoms with Crippen LogP contribution < -0.4 is 0 Å². The molecule has 1 rings (SSSR count). The van der Waals surface area contributed by atoms with Crippen molar-refractivity contribution in [2.24, 2.45) is 0 Å². The standard InChI is InChI=1S/C16H21Br2F3OS/c17-13-10-14(18)12-15(11-13)23(22)9-7-5-3-1-2-4-6-8-16(19,20)21/h10-12H,1-9H2. The summed E-state index contributed by atoms with van der Waals surface area (Å²) in [4.78, 5) is 0.804. The van der Waals surface area contributed by atoms with E-state index >= 15 is 0 Å². The largest absolute Gasteiger partial charge is 0.389 e. The highest BCUT2D eigenvalue weighted by molar-refractivity contribution is 9.11. The summed E-state index contributed by atoms with van der Waals surface area (Å²) < 4.78 is 49.9. The predicted octanol–water partition coefficient (Wildman–Crippen LogP) is 7.00. The molecule has 1 unspecified atom stereocenters. The van der Waals surface area contributed by atoms with Gasteiger partial charge < -0.3 is 0 Å². The van der Waals surface area contributed by atoms with Gasteiger partial charge in [-0.3, -0.25) is 4.21 Å². The Hall–Kier alpha value is 0.120. The van der Waals surface area contributed by atoms with Crippen molar-refractivity contribution in [1.29, 1.82) is 0 Å². The van der Waals surface area contributed by atoms with E-state index in [1.165, 1.54) is 0 Å². The third kappa shape index (κ3) is 10.6. The summed E-state index contributed by atoms with van der Waals surface area (Å²) in [6.07, 6.45) is 0.804. The Morgan fingerprint density at radius 2 is 1.30 bits per heavy atom. The molecule has 0 aromatic heterocycles. The molecule has 0 saturated heterocycles. The summed E-state index contributed by atoms with van der Waals surface area (Å²) >= 11 is 6.76. The molecule has 1 aromatic rings. The van der Waals surface area contributed by atoms with Crippen LogP contribution in [0.15, 0.2) is 32.0 Å². The molecular formula is C16H21Br2F3OS. The molecule has 1 atom stereocenters. The lowest BCUT2D eigenvalue weighted by atomic mass is 10.1. The molecule has 0 spiro atoms. The van der Waals surface area contributed by atoms with E-state index in [0.29, 0.717) is 12.2 Å². The minimum atomic E-state index is -4.02. The Bertz CT molecular complexity index is 486. The number of alkyl halides is 3. The van der Waals surface area contributed by atoms with E-state index in [2.05, 4.69) is 31.9 Å². The molecule has 23 heavy (non-hydrogen) atoms. The lowest BCUT2D eigenvalue weighted by Gasteiger charge is -2.06. The first-order valence-electron chi connectivity index (χ1n) is 7.69. The highest BCUT2D eigenvalue weighted by atomic mass is 79.9. The van der Waals surface area contributed by atoms with Crippen LogP contribution in [0.5, 0.6) is 0 Å². The lowest BCUT2D eigenvalue weighted by molar-refractivity contribution is -0.135. The number of halogens is 5. The van der Waals surface area contributed by atoms with Gasteiger partial charge in [-0.05, 0) is 31.0 Å². The molecule has 132 valence electrons. The maximum atomic E-state index is 12.2. The molecule has 1 nitrogen and oxygen atoms in total. The second-order valence-corrected chi connectivity index (χ2v) is 8.90. The Morgan fingerprint density at radius 3 is 1.83 bits per heavy atom. The van der Waals surface area contributed by atoms with Gasteiger partial charge in [-0.15, -0.1) is 0 Å². The molecule has 0 aliphatic carbocycles. The van der Waals surface area contributed by atoms with Gasteiger partial charge in [0.05, 0.1) is 10.8 Å². The Morgan fingerprint density at radius 1 is 0.826 bits per heavy atom. The molecular weight excluding hydrogens is 457 g/mol. The van der Waals surface area contributed by atoms with Gasteiger partial charge in [-0.25, -0.2) is 0 Å². The summed E-state index contributed by atoms with van der Waals surface area (Å²) in [5.74, 6) is 0.622. The number of hydrogen-bond acceptors (Lipinski definition) is 1. The van der Waals surface area contributed by atoms with Crippen LogP contribution in [0, 0.1) is 0 Å². The Kier molecular flexibility index (Phi) is 10.0. The van der Waals surface area contributed by atoms with Crippen molar-refractivity contribution >= 4 is 42.7 Å². The zero-order chi connectivity index (χ0) is 17.3. The average Bonchev–Trinajstić information content (AvgIpc) is 2.43. The third-order valence-electron chi connectivity index (χ3n) is 3.39. The molecule has 1 aromatic carbocycles. The van der Waals surface area contributed by atoms with Gasteiger partial charge in [0.15, 0.2) is 0 Å². The maximum Gasteiger partial charge on any atom is 0.389 e. The van der Waals surface area contributed by atoms with Crippen LogP contribution in [0.25, 0.3) is 0 Å². The monoisotopic (exact) mass is 476 g/mol. The summed E-state index contributed by atoms with van der Waals surface area (Å²) in [5.41, 5.74) is 0. The molecule has 0 aliphatic heterocycles. The molecule has 0 fully saturated rings. The van der Waals surface area contributed by atoms with Gasteiger partial charge in [0, 0.05) is 26.0 Å². The molecule has 0 saturated carbocycles. The quantitative estimate of drug-likeness (QED) is 0.331. The molecule has 0 aliphatic rings. The second kappa shape index (κ2) is 10.9. The van der Waals surface area contributed by atoms with Gasteiger partial charge in [0.2, 0.25) is 0 Å². The van der Waals surface area contributed by atoms with Gasteiger partial charge >= 0.3 is 6.18 Å². The van der Waals surface area contributed by atoms with Crippen LogP contribution >= 0.6 is 31.9 Å². The fraction of sp³-hybridized carbons (Fsp3) is 0.625. The van der Waals surface area contributed by atoms with E-state index in [0.717, 1.165) is 45.9 Å². The van der Waals surface area contributed by atoms with Crippen LogP contribution in [0.4, 0.5) is 13.2 Å². The highest BCUT2D eigenvalue weighted by Crippen LogP contribution is 2.24. The van der Waals surface area contributed by atoms with Crippen molar-refractivity contribution in [2.75, 3.05) is 5.75 Å². The van der Waals surface area contributed by atoms with Gasteiger partial charge in [-0.1, -0.05) is 64.0 Å². The van der Waals surface area contributed by atoms with E-state index in [1.54, 1.807) is 0 Å². The van der Waals surface area contributed by atoms with Gasteiger partial charge in [-0.2, -0.15) is 13.2 Å². The fourth-order valence-corrected chi connectivity index (χ4v) is 5.04. The molecule has 0 heterocycles. The molecule has 7 heteroatoms. The third-order valence-corrected chi connectivity index (χ3v) is 5.73. The van der Waals surface area contributed by atoms with Crippen molar-refractivity contribution in [1.82, 2.24) is 0 Å². The zero-order valence-corrected chi connectivity index (χ0v) is 16.8. The van der Waals surface area contributed by atoms with Crippen molar-refractivity contribution in [3.8, 4) is 0 Å². The van der Waals surface area contributed by atoms with E-state index in [1.807, 2.05) is 18.2 Å². The van der Waals surface area contributed by atoms with Crippen LogP contribution in [0.1, 0.15) is 51.4 Å². The fourth-order valence-electron chi connectivity index (χ4n) is 2.22.